The summed E-state index contributed by atoms with van der Waals surface area (Å²) in [5, 5.41) is 0. The predicted octanol–water partition coefficient (Wildman–Crippen LogP) is 3.95. The number of pyridine rings is 1. The molecule has 1 amide bonds. The van der Waals surface area contributed by atoms with Crippen LogP contribution in [0.2, 0.25) is 0 Å². The minimum atomic E-state index is -0.193. The summed E-state index contributed by atoms with van der Waals surface area (Å²) in [6.45, 7) is 4.52. The molecule has 2 aromatic heterocycles. The van der Waals surface area contributed by atoms with Crippen molar-refractivity contribution in [3.63, 3.8) is 0 Å². The summed E-state index contributed by atoms with van der Waals surface area (Å²) in [6.07, 6.45) is 6.21. The van der Waals surface area contributed by atoms with Gasteiger partial charge in [0.05, 0.1) is 23.1 Å². The number of hydrogen-bond donors (Lipinski definition) is 0. The lowest BCUT2D eigenvalue weighted by atomic mass is 9.99. The highest BCUT2D eigenvalue weighted by Gasteiger charge is 2.35. The summed E-state index contributed by atoms with van der Waals surface area (Å²) < 4.78 is 7.78. The van der Waals surface area contributed by atoms with E-state index in [1.54, 1.807) is 21.6 Å². The number of thioether (sulfide) groups is 1. The zero-order chi connectivity index (χ0) is 24.8. The minimum Gasteiger partial charge on any atom is -0.376 e. The molecule has 0 spiro atoms. The first kappa shape index (κ1) is 23.4. The summed E-state index contributed by atoms with van der Waals surface area (Å²) in [5.74, 6) is 0.428. The standard InChI is InChI=1S/C27H26N4O3S2/c1-17-6-4-11-30-23(17)28-24(29-12-10-18-7-2-3-8-19(18)15-29)21(25(30)32)14-22-26(33)31(27(35)36-22)16-20-9-5-13-34-20/h2-4,6-8,11,14,20H,5,9-10,12-13,15-16H2,1H3/b22-14-/t20-/m1/s1. The zero-order valence-electron chi connectivity index (χ0n) is 20.0. The summed E-state index contributed by atoms with van der Waals surface area (Å²) in [7, 11) is 0. The van der Waals surface area contributed by atoms with Crippen molar-refractivity contribution in [1.29, 1.82) is 0 Å². The third kappa shape index (κ3) is 4.15. The zero-order valence-corrected chi connectivity index (χ0v) is 21.6. The molecule has 2 fully saturated rings. The molecule has 3 aromatic rings. The first-order valence-electron chi connectivity index (χ1n) is 12.2. The van der Waals surface area contributed by atoms with Crippen LogP contribution in [0.5, 0.6) is 0 Å². The number of fused-ring (bicyclic) bond motifs is 2. The first-order valence-corrected chi connectivity index (χ1v) is 13.4. The van der Waals surface area contributed by atoms with Crippen molar-refractivity contribution in [2.75, 3.05) is 24.6 Å². The molecule has 9 heteroatoms. The number of ether oxygens (including phenoxy) is 1. The normalized spacial score (nSPS) is 21.1. The van der Waals surface area contributed by atoms with E-state index < -0.39 is 0 Å². The minimum absolute atomic E-state index is 0.00626. The van der Waals surface area contributed by atoms with E-state index in [2.05, 4.69) is 23.1 Å². The van der Waals surface area contributed by atoms with Gasteiger partial charge in [-0.25, -0.2) is 4.98 Å². The lowest BCUT2D eigenvalue weighted by molar-refractivity contribution is -0.123. The van der Waals surface area contributed by atoms with Gasteiger partial charge in [-0.2, -0.15) is 0 Å². The van der Waals surface area contributed by atoms with Crippen LogP contribution in [0, 0.1) is 6.92 Å². The van der Waals surface area contributed by atoms with Gasteiger partial charge >= 0.3 is 0 Å². The SMILES string of the molecule is Cc1cccn2c(=O)c(/C=C3\SC(=S)N(C[C@H]4CCCO4)C3=O)c(N3CCc4ccccc4C3)nc12. The molecule has 0 aliphatic carbocycles. The second-order valence-corrected chi connectivity index (χ2v) is 11.1. The first-order chi connectivity index (χ1) is 17.5. The van der Waals surface area contributed by atoms with Gasteiger partial charge in [-0.1, -0.05) is 54.3 Å². The van der Waals surface area contributed by atoms with E-state index in [1.165, 1.54) is 22.9 Å². The number of aryl methyl sites for hydroxylation is 1. The van der Waals surface area contributed by atoms with Crippen molar-refractivity contribution in [2.45, 2.75) is 38.8 Å². The molecule has 3 aliphatic heterocycles. The average molecular weight is 519 g/mol. The van der Waals surface area contributed by atoms with Crippen LogP contribution in [0.25, 0.3) is 11.7 Å². The third-order valence-electron chi connectivity index (χ3n) is 7.05. The molecular weight excluding hydrogens is 492 g/mol. The fourth-order valence-corrected chi connectivity index (χ4v) is 6.38. The molecule has 1 aromatic carbocycles. The second-order valence-electron chi connectivity index (χ2n) is 9.41. The highest BCUT2D eigenvalue weighted by Crippen LogP contribution is 2.35. The van der Waals surface area contributed by atoms with Gasteiger partial charge in [0, 0.05) is 25.9 Å². The molecule has 184 valence electrons. The maximum absolute atomic E-state index is 13.8. The monoisotopic (exact) mass is 518 g/mol. The molecule has 2 saturated heterocycles. The number of thiocarbonyl (C=S) groups is 1. The van der Waals surface area contributed by atoms with E-state index in [0.717, 1.165) is 38.0 Å². The highest BCUT2D eigenvalue weighted by molar-refractivity contribution is 8.26. The molecule has 1 atom stereocenters. The Morgan fingerprint density at radius 2 is 2.03 bits per heavy atom. The van der Waals surface area contributed by atoms with E-state index in [4.69, 9.17) is 21.9 Å². The quantitative estimate of drug-likeness (QED) is 0.383. The molecule has 3 aliphatic rings. The summed E-state index contributed by atoms with van der Waals surface area (Å²) >= 11 is 6.78. The molecule has 6 rings (SSSR count). The fraction of sp³-hybridized carbons (Fsp3) is 0.333. The van der Waals surface area contributed by atoms with Crippen LogP contribution in [0.1, 0.15) is 35.1 Å². The van der Waals surface area contributed by atoms with Crippen LogP contribution in [0.4, 0.5) is 5.82 Å². The second kappa shape index (κ2) is 9.46. The molecular formula is C27H26N4O3S2. The van der Waals surface area contributed by atoms with Crippen molar-refractivity contribution >= 4 is 51.7 Å². The maximum atomic E-state index is 13.8. The van der Waals surface area contributed by atoms with Crippen molar-refractivity contribution in [3.8, 4) is 0 Å². The van der Waals surface area contributed by atoms with Gasteiger partial charge < -0.3 is 9.64 Å². The van der Waals surface area contributed by atoms with Gasteiger partial charge in [0.1, 0.15) is 15.8 Å². The molecule has 0 radical (unpaired) electrons. The molecule has 7 nitrogen and oxygen atoms in total. The summed E-state index contributed by atoms with van der Waals surface area (Å²) in [5.41, 5.74) is 4.31. The molecule has 36 heavy (non-hydrogen) atoms. The molecule has 0 N–H and O–H groups in total. The Balaban J connectivity index is 1.43. The Labute approximate surface area is 218 Å². The van der Waals surface area contributed by atoms with Gasteiger partial charge in [0.25, 0.3) is 11.5 Å². The maximum Gasteiger partial charge on any atom is 0.267 e. The topological polar surface area (TPSA) is 67.2 Å². The Morgan fingerprint density at radius 1 is 1.19 bits per heavy atom. The van der Waals surface area contributed by atoms with Gasteiger partial charge in [0.15, 0.2) is 0 Å². The lowest BCUT2D eigenvalue weighted by Gasteiger charge is -2.31. The average Bonchev–Trinajstić information content (AvgIpc) is 3.50. The molecule has 0 saturated carbocycles. The summed E-state index contributed by atoms with van der Waals surface area (Å²) in [6, 6.07) is 12.2. The molecule has 0 bridgehead atoms. The molecule has 5 heterocycles. The Morgan fingerprint density at radius 3 is 2.83 bits per heavy atom. The van der Waals surface area contributed by atoms with Crippen LogP contribution >= 0.6 is 24.0 Å². The predicted molar refractivity (Wildman–Crippen MR) is 146 cm³/mol. The van der Waals surface area contributed by atoms with Crippen LogP contribution in [-0.2, 0) is 22.5 Å². The smallest absolute Gasteiger partial charge is 0.267 e. The lowest BCUT2D eigenvalue weighted by Crippen LogP contribution is -2.35. The van der Waals surface area contributed by atoms with E-state index in [-0.39, 0.29) is 17.6 Å². The Bertz CT molecular complexity index is 1480. The number of aromatic nitrogens is 2. The van der Waals surface area contributed by atoms with Crippen LogP contribution in [0.3, 0.4) is 0 Å². The van der Waals surface area contributed by atoms with Gasteiger partial charge in [-0.05, 0) is 55.0 Å². The number of carbonyl (C=O) groups excluding carboxylic acids is 1. The van der Waals surface area contributed by atoms with Crippen molar-refractivity contribution in [3.05, 3.63) is 80.1 Å². The number of carbonyl (C=O) groups is 1. The number of anilines is 1. The fourth-order valence-electron chi connectivity index (χ4n) is 5.12. The Hall–Kier alpha value is -3.01. The number of rotatable bonds is 4. The number of nitrogens with zero attached hydrogens (tertiary/aromatic N) is 4. The Kier molecular flexibility index (Phi) is 6.15. The van der Waals surface area contributed by atoms with E-state index in [1.807, 2.05) is 25.1 Å². The van der Waals surface area contributed by atoms with Gasteiger partial charge in [-0.15, -0.1) is 0 Å². The number of amides is 1. The van der Waals surface area contributed by atoms with Crippen molar-refractivity contribution < 1.29 is 9.53 Å². The van der Waals surface area contributed by atoms with Gasteiger partial charge in [-0.3, -0.25) is 18.9 Å². The van der Waals surface area contributed by atoms with Crippen LogP contribution in [0.15, 0.2) is 52.3 Å². The van der Waals surface area contributed by atoms with Crippen LogP contribution < -0.4 is 10.5 Å². The molecule has 0 unspecified atom stereocenters. The number of benzene rings is 1. The largest absolute Gasteiger partial charge is 0.376 e. The summed E-state index contributed by atoms with van der Waals surface area (Å²) in [4.78, 5) is 36.3. The van der Waals surface area contributed by atoms with E-state index >= 15 is 0 Å². The third-order valence-corrected chi connectivity index (χ3v) is 8.43. The van der Waals surface area contributed by atoms with Crippen LogP contribution in [-0.4, -0.2) is 50.3 Å². The van der Waals surface area contributed by atoms with Crippen molar-refractivity contribution in [1.82, 2.24) is 14.3 Å². The van der Waals surface area contributed by atoms with E-state index in [9.17, 15) is 9.59 Å². The highest BCUT2D eigenvalue weighted by atomic mass is 32.2. The number of hydrogen-bond acceptors (Lipinski definition) is 7. The van der Waals surface area contributed by atoms with Gasteiger partial charge in [0.2, 0.25) is 0 Å². The van der Waals surface area contributed by atoms with E-state index in [0.29, 0.717) is 39.3 Å². The van der Waals surface area contributed by atoms with Crippen molar-refractivity contribution in [2.24, 2.45) is 0 Å².